The highest BCUT2D eigenvalue weighted by Gasteiger charge is 2.23. The Bertz CT molecular complexity index is 1330. The lowest BCUT2D eigenvalue weighted by Gasteiger charge is -2.18. The summed E-state index contributed by atoms with van der Waals surface area (Å²) in [7, 11) is 0. The maximum absolute atomic E-state index is 13.0. The summed E-state index contributed by atoms with van der Waals surface area (Å²) in [5.74, 6) is -0.0455. The highest BCUT2D eigenvalue weighted by atomic mass is 16.1. The number of nitrogens with two attached hydrogens (primary N) is 1. The molecule has 1 amide bonds. The van der Waals surface area contributed by atoms with Crippen LogP contribution in [0.15, 0.2) is 53.6 Å². The van der Waals surface area contributed by atoms with Gasteiger partial charge in [0.05, 0.1) is 17.2 Å². The van der Waals surface area contributed by atoms with Crippen LogP contribution in [0.25, 0.3) is 22.2 Å². The second kappa shape index (κ2) is 9.02. The van der Waals surface area contributed by atoms with E-state index < -0.39 is 0 Å². The Morgan fingerprint density at radius 2 is 1.76 bits per heavy atom. The second-order valence-corrected chi connectivity index (χ2v) is 9.18. The fourth-order valence-electron chi connectivity index (χ4n) is 3.65. The molecule has 33 heavy (non-hydrogen) atoms. The molecule has 0 bridgehead atoms. The Labute approximate surface area is 193 Å². The zero-order valence-electron chi connectivity index (χ0n) is 19.6. The van der Waals surface area contributed by atoms with Crippen molar-refractivity contribution >= 4 is 40.1 Å². The van der Waals surface area contributed by atoms with E-state index in [9.17, 15) is 4.79 Å². The molecule has 4 aromatic rings. The summed E-state index contributed by atoms with van der Waals surface area (Å²) in [5.41, 5.74) is 11.3. The molecule has 170 valence electrons. The molecule has 2 heterocycles. The molecule has 3 N–H and O–H groups in total. The molecule has 0 aliphatic heterocycles. The van der Waals surface area contributed by atoms with Crippen molar-refractivity contribution in [3.05, 3.63) is 65.2 Å². The molecule has 0 radical (unpaired) electrons. The molecule has 4 rings (SSSR count). The van der Waals surface area contributed by atoms with Gasteiger partial charge in [0.2, 0.25) is 0 Å². The fourth-order valence-corrected chi connectivity index (χ4v) is 3.65. The molecule has 7 heteroatoms. The van der Waals surface area contributed by atoms with E-state index in [2.05, 4.69) is 50.2 Å². The number of carbonyl (C=O) groups excluding carboxylic acids is 1. The van der Waals surface area contributed by atoms with Gasteiger partial charge in [-0.25, -0.2) is 9.97 Å². The number of unbranched alkanes of at least 4 members (excludes halogenated alkanes) is 1. The van der Waals surface area contributed by atoms with Crippen molar-refractivity contribution in [3.8, 4) is 0 Å². The maximum Gasteiger partial charge on any atom is 0.257 e. The van der Waals surface area contributed by atoms with Crippen LogP contribution in [0.1, 0.15) is 62.0 Å². The molecule has 0 unspecified atom stereocenters. The van der Waals surface area contributed by atoms with Crippen molar-refractivity contribution in [2.45, 2.75) is 46.0 Å². The monoisotopic (exact) mass is 442 g/mol. The smallest absolute Gasteiger partial charge is 0.257 e. The van der Waals surface area contributed by atoms with Gasteiger partial charge in [0, 0.05) is 6.54 Å². The molecular weight excluding hydrogens is 412 g/mol. The lowest BCUT2D eigenvalue weighted by molar-refractivity contribution is 0.0955. The number of fused-ring (bicyclic) bond motifs is 2. The van der Waals surface area contributed by atoms with Crippen LogP contribution in [0.3, 0.4) is 0 Å². The zero-order chi connectivity index (χ0) is 23.6. The van der Waals surface area contributed by atoms with Crippen LogP contribution in [-0.2, 0) is 5.41 Å². The van der Waals surface area contributed by atoms with E-state index in [4.69, 9.17) is 15.7 Å². The van der Waals surface area contributed by atoms with Gasteiger partial charge in [0.25, 0.3) is 5.91 Å². The summed E-state index contributed by atoms with van der Waals surface area (Å²) in [6.45, 7) is 9.19. The minimum absolute atomic E-state index is 0.0768. The summed E-state index contributed by atoms with van der Waals surface area (Å²) >= 11 is 0. The third-order valence-corrected chi connectivity index (χ3v) is 5.62. The number of anilines is 1. The van der Waals surface area contributed by atoms with Gasteiger partial charge in [-0.2, -0.15) is 9.78 Å². The van der Waals surface area contributed by atoms with Crippen LogP contribution in [-0.4, -0.2) is 33.3 Å². The zero-order valence-corrected chi connectivity index (χ0v) is 19.6. The van der Waals surface area contributed by atoms with Crippen molar-refractivity contribution in [1.82, 2.24) is 20.0 Å². The Morgan fingerprint density at radius 1 is 1.09 bits per heavy atom. The standard InChI is InChI=1S/C26H30N6O/c1-5-6-15-28-25(33)21-22-24(31-20-10-8-7-9-19(20)30-22)32(23(21)27)29-16-17-11-13-18(14-12-17)26(2,3)4/h7-14,16H,5-6,15,27H2,1-4H3,(H,28,33)/b29-16+. The van der Waals surface area contributed by atoms with E-state index in [1.54, 1.807) is 6.21 Å². The van der Waals surface area contributed by atoms with E-state index in [1.807, 2.05) is 36.4 Å². The summed E-state index contributed by atoms with van der Waals surface area (Å²) in [6, 6.07) is 15.8. The highest BCUT2D eigenvalue weighted by Crippen LogP contribution is 2.28. The van der Waals surface area contributed by atoms with Crippen LogP contribution >= 0.6 is 0 Å². The van der Waals surface area contributed by atoms with Crippen LogP contribution in [0, 0.1) is 0 Å². The molecule has 0 atom stereocenters. The molecule has 2 aromatic heterocycles. The van der Waals surface area contributed by atoms with E-state index in [-0.39, 0.29) is 17.1 Å². The van der Waals surface area contributed by atoms with Gasteiger partial charge in [-0.1, -0.05) is 70.5 Å². The van der Waals surface area contributed by atoms with E-state index in [1.165, 1.54) is 10.2 Å². The topological polar surface area (TPSA) is 98.2 Å². The number of nitrogen functional groups attached to an aromatic ring is 1. The lowest BCUT2D eigenvalue weighted by Crippen LogP contribution is -2.25. The van der Waals surface area contributed by atoms with Gasteiger partial charge >= 0.3 is 0 Å². The van der Waals surface area contributed by atoms with Crippen LogP contribution in [0.4, 0.5) is 5.82 Å². The number of rotatable bonds is 6. The molecule has 0 aliphatic carbocycles. The first kappa shape index (κ1) is 22.5. The number of hydrogen-bond acceptors (Lipinski definition) is 5. The maximum atomic E-state index is 13.0. The number of benzene rings is 2. The van der Waals surface area contributed by atoms with Crippen molar-refractivity contribution in [2.75, 3.05) is 12.3 Å². The van der Waals surface area contributed by atoms with Gasteiger partial charge in [0.15, 0.2) is 5.65 Å². The molecule has 0 spiro atoms. The Morgan fingerprint density at radius 3 is 2.39 bits per heavy atom. The summed E-state index contributed by atoms with van der Waals surface area (Å²) in [4.78, 5) is 22.4. The average molecular weight is 443 g/mol. The Balaban J connectivity index is 1.79. The average Bonchev–Trinajstić information content (AvgIpc) is 3.06. The Kier molecular flexibility index (Phi) is 6.14. The number of hydrogen-bond donors (Lipinski definition) is 2. The van der Waals surface area contributed by atoms with Crippen LogP contribution in [0.2, 0.25) is 0 Å². The predicted molar refractivity (Wildman–Crippen MR) is 135 cm³/mol. The first-order chi connectivity index (χ1) is 15.8. The van der Waals surface area contributed by atoms with E-state index in [0.29, 0.717) is 34.3 Å². The molecule has 0 saturated carbocycles. The van der Waals surface area contributed by atoms with Gasteiger partial charge in [-0.15, -0.1) is 0 Å². The second-order valence-electron chi connectivity index (χ2n) is 9.18. The predicted octanol–water partition coefficient (Wildman–Crippen LogP) is 4.88. The highest BCUT2D eigenvalue weighted by molar-refractivity contribution is 6.10. The largest absolute Gasteiger partial charge is 0.383 e. The quantitative estimate of drug-likeness (QED) is 0.328. The third kappa shape index (κ3) is 4.58. The molecule has 2 aromatic carbocycles. The van der Waals surface area contributed by atoms with Gasteiger partial charge in [-0.05, 0) is 35.1 Å². The SMILES string of the molecule is CCCCNC(=O)c1c(N)n(/N=C/c2ccc(C(C)(C)C)cc2)c2nc3ccccc3nc12. The number of para-hydroxylation sites is 2. The molecular formula is C26H30N6O. The van der Waals surface area contributed by atoms with Crippen LogP contribution in [0.5, 0.6) is 0 Å². The van der Waals surface area contributed by atoms with Gasteiger partial charge < -0.3 is 11.1 Å². The number of nitrogens with zero attached hydrogens (tertiary/aromatic N) is 4. The number of nitrogens with one attached hydrogen (secondary N) is 1. The van der Waals surface area contributed by atoms with Crippen molar-refractivity contribution in [1.29, 1.82) is 0 Å². The summed E-state index contributed by atoms with van der Waals surface area (Å²) < 4.78 is 1.50. The van der Waals surface area contributed by atoms with Crippen LogP contribution < -0.4 is 11.1 Å². The van der Waals surface area contributed by atoms with Crippen molar-refractivity contribution in [2.24, 2.45) is 5.10 Å². The third-order valence-electron chi connectivity index (χ3n) is 5.62. The van der Waals surface area contributed by atoms with E-state index in [0.717, 1.165) is 18.4 Å². The summed E-state index contributed by atoms with van der Waals surface area (Å²) in [5, 5.41) is 7.52. The Hall–Kier alpha value is -3.74. The molecule has 0 aliphatic rings. The minimum Gasteiger partial charge on any atom is -0.383 e. The van der Waals surface area contributed by atoms with Gasteiger partial charge in [-0.3, -0.25) is 4.79 Å². The molecule has 7 nitrogen and oxygen atoms in total. The first-order valence-corrected chi connectivity index (χ1v) is 11.3. The number of amides is 1. The van der Waals surface area contributed by atoms with Crippen molar-refractivity contribution < 1.29 is 4.79 Å². The first-order valence-electron chi connectivity index (χ1n) is 11.3. The fraction of sp³-hybridized carbons (Fsp3) is 0.308. The van der Waals surface area contributed by atoms with Gasteiger partial charge in [0.1, 0.15) is 16.9 Å². The number of aromatic nitrogens is 3. The molecule has 0 saturated heterocycles. The summed E-state index contributed by atoms with van der Waals surface area (Å²) in [6.07, 6.45) is 3.60. The minimum atomic E-state index is -0.265. The lowest BCUT2D eigenvalue weighted by atomic mass is 9.87. The normalized spacial score (nSPS) is 12.1. The van der Waals surface area contributed by atoms with Crippen molar-refractivity contribution in [3.63, 3.8) is 0 Å². The molecule has 0 fully saturated rings. The number of carbonyl (C=O) groups is 1. The van der Waals surface area contributed by atoms with E-state index >= 15 is 0 Å².